The highest BCUT2D eigenvalue weighted by molar-refractivity contribution is 5.98. The van der Waals surface area contributed by atoms with Crippen LogP contribution in [0.1, 0.15) is 55.8 Å². The lowest BCUT2D eigenvalue weighted by atomic mass is 9.92. The first-order valence-corrected chi connectivity index (χ1v) is 9.85. The highest BCUT2D eigenvalue weighted by Gasteiger charge is 2.25. The predicted molar refractivity (Wildman–Crippen MR) is 102 cm³/mol. The molecule has 2 saturated heterocycles. The highest BCUT2D eigenvalue weighted by Crippen LogP contribution is 2.27. The number of hydrogen-bond donors (Lipinski definition) is 1. The summed E-state index contributed by atoms with van der Waals surface area (Å²) in [6.07, 6.45) is 9.62. The van der Waals surface area contributed by atoms with E-state index in [1.807, 2.05) is 12.1 Å². The van der Waals surface area contributed by atoms with E-state index in [9.17, 15) is 4.79 Å². The molecule has 1 N–H and O–H groups in total. The smallest absolute Gasteiger partial charge is 0.254 e. The molecule has 1 unspecified atom stereocenters. The van der Waals surface area contributed by atoms with Crippen LogP contribution < -0.4 is 10.2 Å². The lowest BCUT2D eigenvalue weighted by molar-refractivity contribution is 0.0963. The van der Waals surface area contributed by atoms with Crippen LogP contribution in [0.25, 0.3) is 0 Å². The van der Waals surface area contributed by atoms with Gasteiger partial charge in [0, 0.05) is 32.4 Å². The minimum absolute atomic E-state index is 0.0516. The SMILES string of the molecule is CNC(=O)c1cccnc1N1CCC(CCN2CCCCC2C)CC1. The van der Waals surface area contributed by atoms with Gasteiger partial charge in [-0.25, -0.2) is 4.98 Å². The first-order chi connectivity index (χ1) is 12.2. The maximum atomic E-state index is 12.1. The topological polar surface area (TPSA) is 48.5 Å². The molecule has 1 atom stereocenters. The Labute approximate surface area is 151 Å². The molecule has 0 aromatic carbocycles. The van der Waals surface area contributed by atoms with Crippen LogP contribution in [0, 0.1) is 5.92 Å². The van der Waals surface area contributed by atoms with Gasteiger partial charge in [0.15, 0.2) is 0 Å². The number of pyridine rings is 1. The second-order valence-corrected chi connectivity index (χ2v) is 7.55. The van der Waals surface area contributed by atoms with E-state index in [0.717, 1.165) is 30.9 Å². The molecule has 2 aliphatic rings. The molecule has 2 fully saturated rings. The summed E-state index contributed by atoms with van der Waals surface area (Å²) in [6, 6.07) is 4.46. The number of hydrogen-bond acceptors (Lipinski definition) is 4. The van der Waals surface area contributed by atoms with Gasteiger partial charge >= 0.3 is 0 Å². The van der Waals surface area contributed by atoms with Gasteiger partial charge in [-0.3, -0.25) is 4.79 Å². The summed E-state index contributed by atoms with van der Waals surface area (Å²) in [5.41, 5.74) is 0.686. The molecule has 0 spiro atoms. The van der Waals surface area contributed by atoms with E-state index >= 15 is 0 Å². The Morgan fingerprint density at radius 2 is 2.04 bits per heavy atom. The third kappa shape index (κ3) is 4.51. The van der Waals surface area contributed by atoms with Crippen LogP contribution in [0.15, 0.2) is 18.3 Å². The van der Waals surface area contributed by atoms with Gasteiger partial charge < -0.3 is 15.1 Å². The van der Waals surface area contributed by atoms with E-state index in [1.165, 1.54) is 51.6 Å². The summed E-state index contributed by atoms with van der Waals surface area (Å²) < 4.78 is 0. The second-order valence-electron chi connectivity index (χ2n) is 7.55. The first-order valence-electron chi connectivity index (χ1n) is 9.85. The molecule has 0 saturated carbocycles. The van der Waals surface area contributed by atoms with Crippen LogP contribution in [0.2, 0.25) is 0 Å². The molecule has 0 aliphatic carbocycles. The van der Waals surface area contributed by atoms with Crippen molar-refractivity contribution in [1.82, 2.24) is 15.2 Å². The molecular weight excluding hydrogens is 312 g/mol. The highest BCUT2D eigenvalue weighted by atomic mass is 16.1. The molecule has 25 heavy (non-hydrogen) atoms. The molecule has 1 aromatic heterocycles. The van der Waals surface area contributed by atoms with Gasteiger partial charge in [-0.2, -0.15) is 0 Å². The van der Waals surface area contributed by atoms with Crippen molar-refractivity contribution < 1.29 is 4.79 Å². The van der Waals surface area contributed by atoms with Crippen molar-refractivity contribution in [2.24, 2.45) is 5.92 Å². The quantitative estimate of drug-likeness (QED) is 0.892. The normalized spacial score (nSPS) is 22.8. The van der Waals surface area contributed by atoms with Crippen LogP contribution >= 0.6 is 0 Å². The fourth-order valence-electron chi connectivity index (χ4n) is 4.23. The minimum Gasteiger partial charge on any atom is -0.356 e. The number of anilines is 1. The molecular formula is C20H32N4O. The van der Waals surface area contributed by atoms with Crippen LogP contribution in [0.3, 0.4) is 0 Å². The van der Waals surface area contributed by atoms with Gasteiger partial charge in [-0.1, -0.05) is 6.42 Å². The van der Waals surface area contributed by atoms with Gasteiger partial charge in [0.25, 0.3) is 5.91 Å². The monoisotopic (exact) mass is 344 g/mol. The lowest BCUT2D eigenvalue weighted by Gasteiger charge is -2.37. The minimum atomic E-state index is -0.0516. The Morgan fingerprint density at radius 3 is 2.76 bits per heavy atom. The summed E-state index contributed by atoms with van der Waals surface area (Å²) in [7, 11) is 1.67. The number of carbonyl (C=O) groups is 1. The standard InChI is InChI=1S/C20H32N4O/c1-16-6-3-4-12-23(16)13-8-17-9-14-24(15-10-17)19-18(20(25)21-2)7-5-11-22-19/h5,7,11,16-17H,3-4,6,8-10,12-15H2,1-2H3,(H,21,25). The van der Waals surface area contributed by atoms with Crippen molar-refractivity contribution in [3.63, 3.8) is 0 Å². The largest absolute Gasteiger partial charge is 0.356 e. The average Bonchev–Trinajstić information content (AvgIpc) is 2.67. The molecule has 0 bridgehead atoms. The van der Waals surface area contributed by atoms with Crippen molar-refractivity contribution >= 4 is 11.7 Å². The van der Waals surface area contributed by atoms with E-state index in [0.29, 0.717) is 5.56 Å². The third-order valence-corrected chi connectivity index (χ3v) is 5.94. The van der Waals surface area contributed by atoms with Gasteiger partial charge in [0.1, 0.15) is 5.82 Å². The molecule has 5 nitrogen and oxygen atoms in total. The average molecular weight is 345 g/mol. The van der Waals surface area contributed by atoms with E-state index in [4.69, 9.17) is 0 Å². The van der Waals surface area contributed by atoms with Gasteiger partial charge in [-0.05, 0) is 70.2 Å². The second kappa shape index (κ2) is 8.65. The van der Waals surface area contributed by atoms with E-state index in [-0.39, 0.29) is 5.91 Å². The zero-order valence-corrected chi connectivity index (χ0v) is 15.7. The van der Waals surface area contributed by atoms with Gasteiger partial charge in [0.2, 0.25) is 0 Å². The fraction of sp³-hybridized carbons (Fsp3) is 0.700. The zero-order chi connectivity index (χ0) is 17.6. The molecule has 1 aromatic rings. The fourth-order valence-corrected chi connectivity index (χ4v) is 4.23. The van der Waals surface area contributed by atoms with Crippen molar-refractivity contribution in [3.05, 3.63) is 23.9 Å². The molecule has 1 amide bonds. The Morgan fingerprint density at radius 1 is 1.24 bits per heavy atom. The predicted octanol–water partition coefficient (Wildman–Crippen LogP) is 2.92. The van der Waals surface area contributed by atoms with Crippen molar-refractivity contribution in [2.45, 2.75) is 51.5 Å². The molecule has 0 radical (unpaired) electrons. The van der Waals surface area contributed by atoms with Crippen LogP contribution in [-0.4, -0.2) is 55.1 Å². The molecule has 3 heterocycles. The number of nitrogens with one attached hydrogen (secondary N) is 1. The third-order valence-electron chi connectivity index (χ3n) is 5.94. The lowest BCUT2D eigenvalue weighted by Crippen LogP contribution is -2.40. The molecule has 2 aliphatic heterocycles. The molecule has 3 rings (SSSR count). The van der Waals surface area contributed by atoms with Crippen LogP contribution in [-0.2, 0) is 0 Å². The zero-order valence-electron chi connectivity index (χ0n) is 15.7. The summed E-state index contributed by atoms with van der Waals surface area (Å²) in [6.45, 7) is 6.91. The summed E-state index contributed by atoms with van der Waals surface area (Å²) >= 11 is 0. The summed E-state index contributed by atoms with van der Waals surface area (Å²) in [5, 5.41) is 2.72. The van der Waals surface area contributed by atoms with Gasteiger partial charge in [0.05, 0.1) is 5.56 Å². The maximum Gasteiger partial charge on any atom is 0.254 e. The van der Waals surface area contributed by atoms with Gasteiger partial charge in [-0.15, -0.1) is 0 Å². The number of carbonyl (C=O) groups excluding carboxylic acids is 1. The van der Waals surface area contributed by atoms with E-state index in [1.54, 1.807) is 13.2 Å². The number of rotatable bonds is 5. The number of nitrogens with zero attached hydrogens (tertiary/aromatic N) is 3. The Bertz CT molecular complexity index is 569. The molecule has 138 valence electrons. The Balaban J connectivity index is 1.51. The summed E-state index contributed by atoms with van der Waals surface area (Å²) in [4.78, 5) is 21.5. The van der Waals surface area contributed by atoms with Crippen molar-refractivity contribution in [1.29, 1.82) is 0 Å². The number of piperidine rings is 2. The summed E-state index contributed by atoms with van der Waals surface area (Å²) in [5.74, 6) is 1.59. The van der Waals surface area contributed by atoms with E-state index in [2.05, 4.69) is 27.0 Å². The number of amides is 1. The number of aromatic nitrogens is 1. The Hall–Kier alpha value is -1.62. The van der Waals surface area contributed by atoms with Crippen LogP contribution in [0.5, 0.6) is 0 Å². The van der Waals surface area contributed by atoms with Crippen molar-refractivity contribution in [2.75, 3.05) is 38.1 Å². The maximum absolute atomic E-state index is 12.1. The number of likely N-dealkylation sites (tertiary alicyclic amines) is 1. The molecule has 5 heteroatoms. The van der Waals surface area contributed by atoms with Crippen LogP contribution in [0.4, 0.5) is 5.82 Å². The van der Waals surface area contributed by atoms with Crippen molar-refractivity contribution in [3.8, 4) is 0 Å². The van der Waals surface area contributed by atoms with E-state index < -0.39 is 0 Å². The first kappa shape index (κ1) is 18.2. The Kier molecular flexibility index (Phi) is 6.29.